The standard InChI is InChI=1S/C15H25N3S/c1-15(2,19-5)12-17-14(18(3)4)16-11-13-9-7-6-8-10-13/h6-10H,11-12H2,1-5H3,(H,16,17). The molecule has 0 aliphatic heterocycles. The van der Waals surface area contributed by atoms with Crippen molar-refractivity contribution in [3.8, 4) is 0 Å². The molecule has 0 heterocycles. The molecule has 0 bridgehead atoms. The van der Waals surface area contributed by atoms with E-state index in [0.29, 0.717) is 6.54 Å². The lowest BCUT2D eigenvalue weighted by atomic mass is 10.2. The van der Waals surface area contributed by atoms with Gasteiger partial charge in [-0.25, -0.2) is 4.99 Å². The Morgan fingerprint density at radius 1 is 1.26 bits per heavy atom. The summed E-state index contributed by atoms with van der Waals surface area (Å²) in [5.74, 6) is 0.936. The van der Waals surface area contributed by atoms with E-state index in [2.05, 4.69) is 42.5 Å². The highest BCUT2D eigenvalue weighted by Crippen LogP contribution is 2.19. The van der Waals surface area contributed by atoms with Crippen molar-refractivity contribution < 1.29 is 0 Å². The number of nitrogens with zero attached hydrogens (tertiary/aromatic N) is 2. The lowest BCUT2D eigenvalue weighted by Crippen LogP contribution is -2.42. The molecule has 0 aliphatic rings. The molecule has 1 aromatic carbocycles. The van der Waals surface area contributed by atoms with Gasteiger partial charge in [0, 0.05) is 25.4 Å². The minimum absolute atomic E-state index is 0.212. The minimum atomic E-state index is 0.212. The predicted octanol–water partition coefficient (Wildman–Crippen LogP) is 2.84. The van der Waals surface area contributed by atoms with E-state index in [-0.39, 0.29) is 4.75 Å². The van der Waals surface area contributed by atoms with Crippen LogP contribution < -0.4 is 5.32 Å². The smallest absolute Gasteiger partial charge is 0.193 e. The number of aliphatic imine (C=N–C) groups is 1. The molecular formula is C15H25N3S. The molecule has 1 rings (SSSR count). The highest BCUT2D eigenvalue weighted by molar-refractivity contribution is 7.99. The summed E-state index contributed by atoms with van der Waals surface area (Å²) in [6.07, 6.45) is 2.14. The minimum Gasteiger partial charge on any atom is -0.355 e. The third-order valence-electron chi connectivity index (χ3n) is 2.90. The molecule has 4 heteroatoms. The molecule has 0 amide bonds. The first-order valence-electron chi connectivity index (χ1n) is 6.49. The molecule has 106 valence electrons. The normalized spacial score (nSPS) is 12.4. The van der Waals surface area contributed by atoms with Crippen molar-refractivity contribution >= 4 is 17.7 Å². The van der Waals surface area contributed by atoms with Crippen molar-refractivity contribution in [2.24, 2.45) is 4.99 Å². The van der Waals surface area contributed by atoms with Crippen molar-refractivity contribution in [3.63, 3.8) is 0 Å². The number of rotatable bonds is 5. The van der Waals surface area contributed by atoms with Crippen LogP contribution in [0.25, 0.3) is 0 Å². The van der Waals surface area contributed by atoms with Gasteiger partial charge in [0.05, 0.1) is 6.54 Å². The Balaban J connectivity index is 2.62. The summed E-state index contributed by atoms with van der Waals surface area (Å²) in [6, 6.07) is 10.3. The Morgan fingerprint density at radius 2 is 1.89 bits per heavy atom. The molecule has 0 fully saturated rings. The van der Waals surface area contributed by atoms with Gasteiger partial charge in [0.2, 0.25) is 0 Å². The van der Waals surface area contributed by atoms with Gasteiger partial charge in [0.1, 0.15) is 0 Å². The van der Waals surface area contributed by atoms with Gasteiger partial charge in [-0.15, -0.1) is 0 Å². The van der Waals surface area contributed by atoms with Crippen LogP contribution in [0.3, 0.4) is 0 Å². The van der Waals surface area contributed by atoms with Gasteiger partial charge >= 0.3 is 0 Å². The van der Waals surface area contributed by atoms with E-state index in [4.69, 9.17) is 0 Å². The van der Waals surface area contributed by atoms with Crippen LogP contribution in [0.5, 0.6) is 0 Å². The van der Waals surface area contributed by atoms with E-state index in [0.717, 1.165) is 12.5 Å². The Kier molecular flexibility index (Phi) is 6.22. The molecule has 0 atom stereocenters. The van der Waals surface area contributed by atoms with E-state index in [1.54, 1.807) is 0 Å². The highest BCUT2D eigenvalue weighted by Gasteiger charge is 2.16. The van der Waals surface area contributed by atoms with Gasteiger partial charge in [-0.2, -0.15) is 11.8 Å². The quantitative estimate of drug-likeness (QED) is 0.663. The van der Waals surface area contributed by atoms with E-state index in [1.165, 1.54) is 5.56 Å². The summed E-state index contributed by atoms with van der Waals surface area (Å²) in [5, 5.41) is 3.44. The van der Waals surface area contributed by atoms with Gasteiger partial charge in [-0.3, -0.25) is 0 Å². The van der Waals surface area contributed by atoms with Gasteiger partial charge in [-0.1, -0.05) is 30.3 Å². The fourth-order valence-electron chi connectivity index (χ4n) is 1.47. The molecule has 1 aromatic rings. The summed E-state index contributed by atoms with van der Waals surface area (Å²) >= 11 is 1.86. The molecule has 19 heavy (non-hydrogen) atoms. The maximum Gasteiger partial charge on any atom is 0.193 e. The van der Waals surface area contributed by atoms with Gasteiger partial charge < -0.3 is 10.2 Å². The molecule has 0 radical (unpaired) electrons. The zero-order valence-electron chi connectivity index (χ0n) is 12.6. The topological polar surface area (TPSA) is 27.6 Å². The second kappa shape index (κ2) is 7.43. The Hall–Kier alpha value is -1.16. The van der Waals surface area contributed by atoms with Crippen LogP contribution in [0, 0.1) is 0 Å². The number of benzene rings is 1. The maximum atomic E-state index is 4.65. The van der Waals surface area contributed by atoms with Crippen LogP contribution in [0.2, 0.25) is 0 Å². The van der Waals surface area contributed by atoms with Crippen LogP contribution in [0.1, 0.15) is 19.4 Å². The summed E-state index contributed by atoms with van der Waals surface area (Å²) in [7, 11) is 4.03. The van der Waals surface area contributed by atoms with E-state index in [9.17, 15) is 0 Å². The van der Waals surface area contributed by atoms with Crippen LogP contribution >= 0.6 is 11.8 Å². The molecule has 3 nitrogen and oxygen atoms in total. The first-order chi connectivity index (χ1) is 8.94. The third-order valence-corrected chi connectivity index (χ3v) is 4.15. The maximum absolute atomic E-state index is 4.65. The number of nitrogens with one attached hydrogen (secondary N) is 1. The molecule has 0 saturated heterocycles. The first kappa shape index (κ1) is 15.9. The van der Waals surface area contributed by atoms with Crippen molar-refractivity contribution in [2.45, 2.75) is 25.1 Å². The average Bonchev–Trinajstić information content (AvgIpc) is 2.39. The fraction of sp³-hybridized carbons (Fsp3) is 0.533. The molecule has 0 saturated carbocycles. The summed E-state index contributed by atoms with van der Waals surface area (Å²) in [4.78, 5) is 6.68. The SMILES string of the molecule is CSC(C)(C)CNC(=NCc1ccccc1)N(C)C. The van der Waals surface area contributed by atoms with E-state index in [1.807, 2.05) is 49.0 Å². The van der Waals surface area contributed by atoms with Gasteiger partial charge in [-0.05, 0) is 25.7 Å². The fourth-order valence-corrected chi connectivity index (χ4v) is 1.69. The number of hydrogen-bond acceptors (Lipinski definition) is 2. The van der Waals surface area contributed by atoms with Crippen molar-refractivity contribution in [2.75, 3.05) is 26.9 Å². The van der Waals surface area contributed by atoms with Crippen LogP contribution in [-0.4, -0.2) is 42.5 Å². The lowest BCUT2D eigenvalue weighted by Gasteiger charge is -2.26. The second-order valence-electron chi connectivity index (χ2n) is 5.34. The van der Waals surface area contributed by atoms with Gasteiger partial charge in [0.15, 0.2) is 5.96 Å². The summed E-state index contributed by atoms with van der Waals surface area (Å²) in [5.41, 5.74) is 1.23. The molecule has 0 aliphatic carbocycles. The Bertz CT molecular complexity index is 399. The molecule has 0 unspecified atom stereocenters. The highest BCUT2D eigenvalue weighted by atomic mass is 32.2. The van der Waals surface area contributed by atoms with E-state index >= 15 is 0 Å². The number of thioether (sulfide) groups is 1. The van der Waals surface area contributed by atoms with Crippen LogP contribution in [0.15, 0.2) is 35.3 Å². The molecule has 1 N–H and O–H groups in total. The van der Waals surface area contributed by atoms with Crippen molar-refractivity contribution in [1.29, 1.82) is 0 Å². The largest absolute Gasteiger partial charge is 0.355 e. The monoisotopic (exact) mass is 279 g/mol. The summed E-state index contributed by atoms with van der Waals surface area (Å²) in [6.45, 7) is 6.07. The Morgan fingerprint density at radius 3 is 2.42 bits per heavy atom. The van der Waals surface area contributed by atoms with Crippen LogP contribution in [-0.2, 0) is 6.54 Å². The zero-order chi connectivity index (χ0) is 14.3. The molecular weight excluding hydrogens is 254 g/mol. The number of hydrogen-bond donors (Lipinski definition) is 1. The number of guanidine groups is 1. The molecule has 0 spiro atoms. The van der Waals surface area contributed by atoms with Gasteiger partial charge in [0.25, 0.3) is 0 Å². The first-order valence-corrected chi connectivity index (χ1v) is 7.72. The second-order valence-corrected chi connectivity index (χ2v) is 6.85. The van der Waals surface area contributed by atoms with E-state index < -0.39 is 0 Å². The predicted molar refractivity (Wildman–Crippen MR) is 86.9 cm³/mol. The summed E-state index contributed by atoms with van der Waals surface area (Å²) < 4.78 is 0.212. The Labute approximate surface area is 121 Å². The lowest BCUT2D eigenvalue weighted by molar-refractivity contribution is 0.561. The van der Waals surface area contributed by atoms with Crippen molar-refractivity contribution in [1.82, 2.24) is 10.2 Å². The molecule has 0 aromatic heterocycles. The van der Waals surface area contributed by atoms with Crippen LogP contribution in [0.4, 0.5) is 0 Å². The zero-order valence-corrected chi connectivity index (χ0v) is 13.4. The average molecular weight is 279 g/mol. The third kappa shape index (κ3) is 6.01. The van der Waals surface area contributed by atoms with Crippen molar-refractivity contribution in [3.05, 3.63) is 35.9 Å².